The van der Waals surface area contributed by atoms with Gasteiger partial charge >= 0.3 is 0 Å². The molecule has 0 aromatic heterocycles. The molecular weight excluding hydrogens is 324 g/mol. The number of carbonyl (C=O) groups excluding carboxylic acids is 1. The summed E-state index contributed by atoms with van der Waals surface area (Å²) in [5.74, 6) is 1.06. The average molecular weight is 350 g/mol. The van der Waals surface area contributed by atoms with Crippen LogP contribution in [0.15, 0.2) is 48.5 Å². The zero-order chi connectivity index (χ0) is 17.9. The second-order valence-corrected chi connectivity index (χ2v) is 7.60. The first-order valence-corrected chi connectivity index (χ1v) is 9.52. The Morgan fingerprint density at radius 3 is 2.77 bits per heavy atom. The van der Waals surface area contributed by atoms with Crippen molar-refractivity contribution in [3.05, 3.63) is 65.2 Å². The minimum atomic E-state index is 0.253. The van der Waals surface area contributed by atoms with Crippen molar-refractivity contribution in [1.29, 1.82) is 0 Å². The Balaban J connectivity index is 1.29. The second kappa shape index (κ2) is 7.50. The SMILES string of the molecule is O=C(CN1CCc2ccccc2C1)N1CCC(Cc2cccc(O)c2)C1. The van der Waals surface area contributed by atoms with Gasteiger partial charge in [-0.25, -0.2) is 0 Å². The molecule has 1 atom stereocenters. The van der Waals surface area contributed by atoms with Crippen LogP contribution in [0.5, 0.6) is 5.75 Å². The third-order valence-electron chi connectivity index (χ3n) is 5.64. The van der Waals surface area contributed by atoms with Crippen LogP contribution in [-0.2, 0) is 24.2 Å². The number of aromatic hydroxyl groups is 1. The molecule has 2 aliphatic rings. The van der Waals surface area contributed by atoms with Crippen LogP contribution in [0, 0.1) is 5.92 Å². The van der Waals surface area contributed by atoms with Gasteiger partial charge < -0.3 is 10.0 Å². The third-order valence-corrected chi connectivity index (χ3v) is 5.64. The number of carbonyl (C=O) groups is 1. The lowest BCUT2D eigenvalue weighted by Crippen LogP contribution is -2.41. The number of hydrogen-bond donors (Lipinski definition) is 1. The van der Waals surface area contributed by atoms with E-state index in [4.69, 9.17) is 0 Å². The molecule has 2 aromatic rings. The maximum Gasteiger partial charge on any atom is 0.236 e. The molecule has 0 saturated carbocycles. The number of benzene rings is 2. The maximum absolute atomic E-state index is 12.7. The standard InChI is InChI=1S/C22H26N2O2/c25-21-7-3-4-17(13-21)12-18-8-11-24(14-18)22(26)16-23-10-9-19-5-1-2-6-20(19)15-23/h1-7,13,18,25H,8-12,14-16H2. The van der Waals surface area contributed by atoms with Crippen molar-refractivity contribution >= 4 is 5.91 Å². The maximum atomic E-state index is 12.7. The lowest BCUT2D eigenvalue weighted by Gasteiger charge is -2.29. The third kappa shape index (κ3) is 3.91. The molecule has 26 heavy (non-hydrogen) atoms. The van der Waals surface area contributed by atoms with Crippen molar-refractivity contribution in [3.63, 3.8) is 0 Å². The zero-order valence-electron chi connectivity index (χ0n) is 15.1. The van der Waals surface area contributed by atoms with E-state index in [9.17, 15) is 9.90 Å². The molecule has 136 valence electrons. The highest BCUT2D eigenvalue weighted by Crippen LogP contribution is 2.24. The predicted octanol–water partition coefficient (Wildman–Crippen LogP) is 2.84. The van der Waals surface area contributed by atoms with E-state index >= 15 is 0 Å². The Morgan fingerprint density at radius 1 is 1.08 bits per heavy atom. The molecule has 0 bridgehead atoms. The van der Waals surface area contributed by atoms with Crippen LogP contribution in [0.3, 0.4) is 0 Å². The number of nitrogens with zero attached hydrogens (tertiary/aromatic N) is 2. The van der Waals surface area contributed by atoms with Crippen LogP contribution in [0.25, 0.3) is 0 Å². The monoisotopic (exact) mass is 350 g/mol. The number of amides is 1. The van der Waals surface area contributed by atoms with Gasteiger partial charge in [0, 0.05) is 26.2 Å². The second-order valence-electron chi connectivity index (χ2n) is 7.60. The summed E-state index contributed by atoms with van der Waals surface area (Å²) in [6, 6.07) is 16.0. The average Bonchev–Trinajstić information content (AvgIpc) is 3.10. The van der Waals surface area contributed by atoms with Crippen molar-refractivity contribution in [2.45, 2.75) is 25.8 Å². The fourth-order valence-electron chi connectivity index (χ4n) is 4.22. The summed E-state index contributed by atoms with van der Waals surface area (Å²) in [7, 11) is 0. The van der Waals surface area contributed by atoms with Gasteiger partial charge in [-0.2, -0.15) is 0 Å². The Kier molecular flexibility index (Phi) is 4.93. The van der Waals surface area contributed by atoms with Crippen LogP contribution >= 0.6 is 0 Å². The number of phenolic OH excluding ortho intramolecular Hbond substituents is 1. The molecule has 2 heterocycles. The Labute approximate surface area is 155 Å². The molecule has 4 heteroatoms. The molecule has 1 N–H and O–H groups in total. The van der Waals surface area contributed by atoms with E-state index in [1.54, 1.807) is 6.07 Å². The highest BCUT2D eigenvalue weighted by Gasteiger charge is 2.28. The number of fused-ring (bicyclic) bond motifs is 1. The molecule has 2 aliphatic heterocycles. The molecule has 1 amide bonds. The number of phenols is 1. The van der Waals surface area contributed by atoms with Gasteiger partial charge in [0.05, 0.1) is 6.54 Å². The molecule has 0 radical (unpaired) electrons. The first kappa shape index (κ1) is 17.1. The van der Waals surface area contributed by atoms with Crippen LogP contribution < -0.4 is 0 Å². The van der Waals surface area contributed by atoms with Gasteiger partial charge in [-0.05, 0) is 54.0 Å². The van der Waals surface area contributed by atoms with Gasteiger partial charge in [-0.15, -0.1) is 0 Å². The van der Waals surface area contributed by atoms with Gasteiger partial charge in [-0.3, -0.25) is 9.69 Å². The summed E-state index contributed by atoms with van der Waals surface area (Å²) in [5.41, 5.74) is 3.93. The van der Waals surface area contributed by atoms with E-state index < -0.39 is 0 Å². The van der Waals surface area contributed by atoms with Crippen molar-refractivity contribution in [2.75, 3.05) is 26.2 Å². The van der Waals surface area contributed by atoms with Gasteiger partial charge in [0.15, 0.2) is 0 Å². The smallest absolute Gasteiger partial charge is 0.236 e. The Bertz CT molecular complexity index is 789. The zero-order valence-corrected chi connectivity index (χ0v) is 15.1. The minimum absolute atomic E-state index is 0.253. The summed E-state index contributed by atoms with van der Waals surface area (Å²) in [4.78, 5) is 17.0. The molecule has 1 unspecified atom stereocenters. The van der Waals surface area contributed by atoms with Gasteiger partial charge in [0.1, 0.15) is 5.75 Å². The number of rotatable bonds is 4. The van der Waals surface area contributed by atoms with Crippen LogP contribution in [-0.4, -0.2) is 47.0 Å². The van der Waals surface area contributed by atoms with Gasteiger partial charge in [0.2, 0.25) is 5.91 Å². The number of likely N-dealkylation sites (tertiary alicyclic amines) is 1. The normalized spacial score (nSPS) is 20.2. The Morgan fingerprint density at radius 2 is 1.92 bits per heavy atom. The quantitative estimate of drug-likeness (QED) is 0.922. The van der Waals surface area contributed by atoms with E-state index in [1.807, 2.05) is 17.0 Å². The van der Waals surface area contributed by atoms with Crippen molar-refractivity contribution in [2.24, 2.45) is 5.92 Å². The summed E-state index contributed by atoms with van der Waals surface area (Å²) in [6.07, 6.45) is 3.00. The molecule has 0 spiro atoms. The summed E-state index contributed by atoms with van der Waals surface area (Å²) >= 11 is 0. The molecular formula is C22H26N2O2. The lowest BCUT2D eigenvalue weighted by atomic mass is 9.98. The van der Waals surface area contributed by atoms with Gasteiger partial charge in [0.25, 0.3) is 0 Å². The van der Waals surface area contributed by atoms with E-state index in [2.05, 4.69) is 35.2 Å². The van der Waals surface area contributed by atoms with E-state index in [0.29, 0.717) is 18.2 Å². The molecule has 1 saturated heterocycles. The van der Waals surface area contributed by atoms with E-state index in [-0.39, 0.29) is 5.91 Å². The molecule has 2 aromatic carbocycles. The molecule has 0 aliphatic carbocycles. The van der Waals surface area contributed by atoms with Crippen LogP contribution in [0.4, 0.5) is 0 Å². The highest BCUT2D eigenvalue weighted by atomic mass is 16.3. The summed E-state index contributed by atoms with van der Waals surface area (Å²) in [5, 5.41) is 9.61. The molecule has 1 fully saturated rings. The van der Waals surface area contributed by atoms with Crippen molar-refractivity contribution in [1.82, 2.24) is 9.80 Å². The fraction of sp³-hybridized carbons (Fsp3) is 0.409. The largest absolute Gasteiger partial charge is 0.508 e. The van der Waals surface area contributed by atoms with Crippen LogP contribution in [0.1, 0.15) is 23.1 Å². The van der Waals surface area contributed by atoms with Gasteiger partial charge in [-0.1, -0.05) is 36.4 Å². The summed E-state index contributed by atoms with van der Waals surface area (Å²) < 4.78 is 0. The number of hydrogen-bond acceptors (Lipinski definition) is 3. The van der Waals surface area contributed by atoms with E-state index in [1.165, 1.54) is 11.1 Å². The predicted molar refractivity (Wildman–Crippen MR) is 102 cm³/mol. The van der Waals surface area contributed by atoms with E-state index in [0.717, 1.165) is 51.0 Å². The first-order valence-electron chi connectivity index (χ1n) is 9.52. The highest BCUT2D eigenvalue weighted by molar-refractivity contribution is 5.78. The van der Waals surface area contributed by atoms with Crippen molar-refractivity contribution < 1.29 is 9.90 Å². The fourth-order valence-corrected chi connectivity index (χ4v) is 4.22. The van der Waals surface area contributed by atoms with Crippen molar-refractivity contribution in [3.8, 4) is 5.75 Å². The topological polar surface area (TPSA) is 43.8 Å². The first-order chi connectivity index (χ1) is 12.7. The minimum Gasteiger partial charge on any atom is -0.508 e. The Hall–Kier alpha value is -2.33. The van der Waals surface area contributed by atoms with Crippen LogP contribution in [0.2, 0.25) is 0 Å². The summed E-state index contributed by atoms with van der Waals surface area (Å²) in [6.45, 7) is 4.05. The molecule has 4 rings (SSSR count). The lowest BCUT2D eigenvalue weighted by molar-refractivity contribution is -0.131. The molecule has 4 nitrogen and oxygen atoms in total.